The van der Waals surface area contributed by atoms with Crippen molar-refractivity contribution in [2.45, 2.75) is 20.8 Å². The summed E-state index contributed by atoms with van der Waals surface area (Å²) in [5, 5.41) is 0. The molecule has 11 heavy (non-hydrogen) atoms. The first-order valence-corrected chi connectivity index (χ1v) is 4.63. The van der Waals surface area contributed by atoms with Crippen molar-refractivity contribution in [3.63, 3.8) is 0 Å². The first-order valence-electron chi connectivity index (χ1n) is 3.54. The molecule has 0 heterocycles. The van der Waals surface area contributed by atoms with E-state index in [0.29, 0.717) is 19.8 Å². The van der Waals surface area contributed by atoms with Crippen LogP contribution in [0.4, 0.5) is 0 Å². The van der Waals surface area contributed by atoms with Crippen molar-refractivity contribution < 1.29 is 13.6 Å². The molecule has 5 heteroatoms. The van der Waals surface area contributed by atoms with Crippen LogP contribution in [0.25, 0.3) is 0 Å². The van der Waals surface area contributed by atoms with Crippen LogP contribution in [0.5, 0.6) is 0 Å². The lowest BCUT2D eigenvalue weighted by molar-refractivity contribution is 0.176. The van der Waals surface area contributed by atoms with Gasteiger partial charge in [0.05, 0.1) is 19.8 Å². The molecule has 0 fully saturated rings. The van der Waals surface area contributed by atoms with Gasteiger partial charge in [-0.3, -0.25) is 0 Å². The molecule has 0 spiro atoms. The summed E-state index contributed by atoms with van der Waals surface area (Å²) >= 11 is 0. The second kappa shape index (κ2) is 10.7. The minimum absolute atomic E-state index is 0. The Bertz CT molecular complexity index is 60.6. The van der Waals surface area contributed by atoms with Crippen LogP contribution in [0.1, 0.15) is 20.8 Å². The zero-order valence-electron chi connectivity index (χ0n) is 7.29. The highest BCUT2D eigenvalue weighted by Crippen LogP contribution is 2.38. The van der Waals surface area contributed by atoms with E-state index in [1.807, 2.05) is 20.8 Å². The molecule has 0 aliphatic carbocycles. The molecule has 0 rings (SSSR count). The van der Waals surface area contributed by atoms with Crippen molar-refractivity contribution >= 4 is 22.1 Å². The summed E-state index contributed by atoms with van der Waals surface area (Å²) in [7, 11) is -1.06. The topological polar surface area (TPSA) is 27.7 Å². The summed E-state index contributed by atoms with van der Waals surface area (Å²) in [5.74, 6) is 0. The van der Waals surface area contributed by atoms with E-state index in [0.717, 1.165) is 0 Å². The third kappa shape index (κ3) is 8.57. The molecular formula is C6H17O3PS. The van der Waals surface area contributed by atoms with E-state index < -0.39 is 8.60 Å². The van der Waals surface area contributed by atoms with Gasteiger partial charge in [0.25, 0.3) is 0 Å². The van der Waals surface area contributed by atoms with Crippen molar-refractivity contribution in [2.75, 3.05) is 19.8 Å². The van der Waals surface area contributed by atoms with Gasteiger partial charge in [-0.1, -0.05) is 0 Å². The molecule has 0 aromatic rings. The van der Waals surface area contributed by atoms with Crippen molar-refractivity contribution in [1.29, 1.82) is 0 Å². The number of hydrogen-bond donors (Lipinski definition) is 0. The summed E-state index contributed by atoms with van der Waals surface area (Å²) < 4.78 is 15.4. The van der Waals surface area contributed by atoms with Crippen LogP contribution in [-0.2, 0) is 13.6 Å². The van der Waals surface area contributed by atoms with Gasteiger partial charge in [-0.15, -0.1) is 0 Å². The highest BCUT2D eigenvalue weighted by atomic mass is 32.1. The van der Waals surface area contributed by atoms with E-state index in [1.54, 1.807) is 0 Å². The smallest absolute Gasteiger partial charge is 0.313 e. The van der Waals surface area contributed by atoms with Gasteiger partial charge in [0.1, 0.15) is 0 Å². The Morgan fingerprint density at radius 3 is 1.27 bits per heavy atom. The molecule has 0 aliphatic rings. The molecule has 70 valence electrons. The van der Waals surface area contributed by atoms with Crippen LogP contribution < -0.4 is 0 Å². The second-order valence-electron chi connectivity index (χ2n) is 1.48. The van der Waals surface area contributed by atoms with Gasteiger partial charge in [0.15, 0.2) is 0 Å². The average molecular weight is 200 g/mol. The van der Waals surface area contributed by atoms with Gasteiger partial charge >= 0.3 is 8.60 Å². The Labute approximate surface area is 76.9 Å². The van der Waals surface area contributed by atoms with Gasteiger partial charge in [0, 0.05) is 0 Å². The normalized spacial score (nSPS) is 9.82. The fourth-order valence-electron chi connectivity index (χ4n) is 0.428. The van der Waals surface area contributed by atoms with Crippen LogP contribution in [-0.4, -0.2) is 19.8 Å². The molecule has 0 N–H and O–H groups in total. The molecule has 0 aromatic heterocycles. The van der Waals surface area contributed by atoms with E-state index in [-0.39, 0.29) is 13.5 Å². The maximum Gasteiger partial charge on any atom is 0.332 e. The SMILES string of the molecule is CCOP(OCC)OCC.S. The monoisotopic (exact) mass is 200 g/mol. The van der Waals surface area contributed by atoms with Crippen LogP contribution in [0.15, 0.2) is 0 Å². The molecular weight excluding hydrogens is 183 g/mol. The molecule has 0 unspecified atom stereocenters. The quantitative estimate of drug-likeness (QED) is 0.616. The molecule has 0 bridgehead atoms. The van der Waals surface area contributed by atoms with Gasteiger partial charge < -0.3 is 13.6 Å². The predicted molar refractivity (Wildman–Crippen MR) is 52.2 cm³/mol. The maximum atomic E-state index is 5.14. The highest BCUT2D eigenvalue weighted by Gasteiger charge is 2.07. The van der Waals surface area contributed by atoms with Crippen LogP contribution >= 0.6 is 22.1 Å². The van der Waals surface area contributed by atoms with Crippen molar-refractivity contribution in [2.24, 2.45) is 0 Å². The summed E-state index contributed by atoms with van der Waals surface area (Å²) in [6, 6.07) is 0. The first kappa shape index (κ1) is 14.2. The predicted octanol–water partition coefficient (Wildman–Crippen LogP) is 2.44. The standard InChI is InChI=1S/C6H15O3P.H2S/c1-4-7-10(8-5-2)9-6-3;/h4-6H2,1-3H3;1H2. The third-order valence-electron chi connectivity index (χ3n) is 0.704. The van der Waals surface area contributed by atoms with E-state index in [2.05, 4.69) is 0 Å². The van der Waals surface area contributed by atoms with E-state index in [1.165, 1.54) is 0 Å². The summed E-state index contributed by atoms with van der Waals surface area (Å²) in [6.07, 6.45) is 0. The minimum atomic E-state index is -1.06. The minimum Gasteiger partial charge on any atom is -0.313 e. The van der Waals surface area contributed by atoms with Crippen LogP contribution in [0.2, 0.25) is 0 Å². The van der Waals surface area contributed by atoms with Gasteiger partial charge in [-0.05, 0) is 20.8 Å². The zero-order valence-corrected chi connectivity index (χ0v) is 9.19. The molecule has 0 saturated carbocycles. The van der Waals surface area contributed by atoms with Gasteiger partial charge in [-0.25, -0.2) is 0 Å². The molecule has 0 radical (unpaired) electrons. The number of rotatable bonds is 6. The lowest BCUT2D eigenvalue weighted by atomic mass is 10.9. The molecule has 0 atom stereocenters. The Hall–Kier alpha value is 0.660. The lowest BCUT2D eigenvalue weighted by Crippen LogP contribution is -1.94. The van der Waals surface area contributed by atoms with E-state index in [9.17, 15) is 0 Å². The molecule has 3 nitrogen and oxygen atoms in total. The Kier molecular flexibility index (Phi) is 13.8. The fourth-order valence-corrected chi connectivity index (χ4v) is 1.28. The zero-order chi connectivity index (χ0) is 7.82. The van der Waals surface area contributed by atoms with E-state index >= 15 is 0 Å². The van der Waals surface area contributed by atoms with E-state index in [4.69, 9.17) is 13.6 Å². The molecule has 0 aliphatic heterocycles. The first-order chi connectivity index (χ1) is 4.85. The van der Waals surface area contributed by atoms with Crippen molar-refractivity contribution in [3.05, 3.63) is 0 Å². The lowest BCUT2D eigenvalue weighted by Gasteiger charge is -2.12. The maximum absolute atomic E-state index is 5.14. The Morgan fingerprint density at radius 1 is 0.818 bits per heavy atom. The molecule has 0 amide bonds. The number of hydrogen-bond acceptors (Lipinski definition) is 3. The molecule has 0 saturated heterocycles. The largest absolute Gasteiger partial charge is 0.332 e. The average Bonchev–Trinajstić information content (AvgIpc) is 1.90. The fraction of sp³-hybridized carbons (Fsp3) is 1.00. The van der Waals surface area contributed by atoms with Crippen LogP contribution in [0, 0.1) is 0 Å². The van der Waals surface area contributed by atoms with Crippen molar-refractivity contribution in [3.8, 4) is 0 Å². The second-order valence-corrected chi connectivity index (χ2v) is 2.70. The molecule has 0 aromatic carbocycles. The third-order valence-corrected chi connectivity index (χ3v) is 2.11. The van der Waals surface area contributed by atoms with Gasteiger partial charge in [-0.2, -0.15) is 13.5 Å². The summed E-state index contributed by atoms with van der Waals surface area (Å²) in [6.45, 7) is 7.71. The summed E-state index contributed by atoms with van der Waals surface area (Å²) in [5.41, 5.74) is 0. The Balaban J connectivity index is 0. The summed E-state index contributed by atoms with van der Waals surface area (Å²) in [4.78, 5) is 0. The Morgan fingerprint density at radius 2 is 1.09 bits per heavy atom. The van der Waals surface area contributed by atoms with Gasteiger partial charge in [0.2, 0.25) is 0 Å². The highest BCUT2D eigenvalue weighted by molar-refractivity contribution is 7.59. The van der Waals surface area contributed by atoms with Crippen LogP contribution in [0.3, 0.4) is 0 Å². The van der Waals surface area contributed by atoms with Crippen molar-refractivity contribution in [1.82, 2.24) is 0 Å².